The molecule has 88 valence electrons. The monoisotopic (exact) mass is 221 g/mol. The molecule has 0 saturated carbocycles. The molecule has 1 atom stereocenters. The van der Waals surface area contributed by atoms with E-state index in [9.17, 15) is 4.79 Å². The summed E-state index contributed by atoms with van der Waals surface area (Å²) in [5, 5.41) is 9.04. The van der Waals surface area contributed by atoms with Crippen LogP contribution in [0, 0.1) is 0 Å². The molecule has 0 aliphatic heterocycles. The topological polar surface area (TPSA) is 63.3 Å². The highest BCUT2D eigenvalue weighted by Crippen LogP contribution is 2.25. The third-order valence-corrected chi connectivity index (χ3v) is 2.69. The van der Waals surface area contributed by atoms with Crippen LogP contribution < -0.4 is 5.73 Å². The van der Waals surface area contributed by atoms with Gasteiger partial charge < -0.3 is 10.8 Å². The van der Waals surface area contributed by atoms with Gasteiger partial charge in [0, 0.05) is 6.54 Å². The first-order valence-corrected chi connectivity index (χ1v) is 5.39. The van der Waals surface area contributed by atoms with Crippen molar-refractivity contribution in [3.63, 3.8) is 0 Å². The van der Waals surface area contributed by atoms with Crippen molar-refractivity contribution in [3.8, 4) is 0 Å². The Bertz CT molecular complexity index is 380. The molecule has 3 N–H and O–H groups in total. The molecule has 0 radical (unpaired) electrons. The summed E-state index contributed by atoms with van der Waals surface area (Å²) in [6.45, 7) is 6.43. The maximum atomic E-state index is 11.0. The first kappa shape index (κ1) is 12.7. The van der Waals surface area contributed by atoms with Gasteiger partial charge in [-0.3, -0.25) is 4.79 Å². The van der Waals surface area contributed by atoms with Gasteiger partial charge >= 0.3 is 5.97 Å². The van der Waals surface area contributed by atoms with E-state index in [-0.39, 0.29) is 12.0 Å². The third kappa shape index (κ3) is 2.83. The Balaban J connectivity index is 3.11. The fourth-order valence-electron chi connectivity index (χ4n) is 1.60. The molecule has 0 heterocycles. The van der Waals surface area contributed by atoms with E-state index in [4.69, 9.17) is 10.8 Å². The van der Waals surface area contributed by atoms with E-state index in [2.05, 4.69) is 20.8 Å². The van der Waals surface area contributed by atoms with Gasteiger partial charge in [0.2, 0.25) is 0 Å². The van der Waals surface area contributed by atoms with Crippen LogP contribution in [-0.2, 0) is 10.2 Å². The summed E-state index contributed by atoms with van der Waals surface area (Å²) in [4.78, 5) is 11.0. The van der Waals surface area contributed by atoms with Crippen LogP contribution in [-0.4, -0.2) is 17.6 Å². The van der Waals surface area contributed by atoms with Gasteiger partial charge in [-0.05, 0) is 16.5 Å². The fourth-order valence-corrected chi connectivity index (χ4v) is 1.60. The first-order chi connectivity index (χ1) is 7.36. The van der Waals surface area contributed by atoms with Crippen molar-refractivity contribution in [2.24, 2.45) is 5.73 Å². The largest absolute Gasteiger partial charge is 0.481 e. The number of hydrogen-bond acceptors (Lipinski definition) is 2. The normalized spacial score (nSPS) is 13.5. The van der Waals surface area contributed by atoms with Crippen LogP contribution in [0.1, 0.15) is 37.8 Å². The van der Waals surface area contributed by atoms with Crippen LogP contribution in [0.4, 0.5) is 0 Å². The van der Waals surface area contributed by atoms with Gasteiger partial charge in [0.25, 0.3) is 0 Å². The number of hydrogen-bond donors (Lipinski definition) is 2. The summed E-state index contributed by atoms with van der Waals surface area (Å²) >= 11 is 0. The van der Waals surface area contributed by atoms with Crippen LogP contribution >= 0.6 is 0 Å². The van der Waals surface area contributed by atoms with Crippen LogP contribution in [0.3, 0.4) is 0 Å². The molecule has 1 rings (SSSR count). The predicted molar refractivity (Wildman–Crippen MR) is 64.6 cm³/mol. The number of carboxylic acids is 1. The van der Waals surface area contributed by atoms with Crippen molar-refractivity contribution in [1.82, 2.24) is 0 Å². The number of carboxylic acid groups (broad SMARTS) is 1. The molecule has 0 aromatic heterocycles. The molecule has 0 amide bonds. The number of benzene rings is 1. The molecule has 0 spiro atoms. The van der Waals surface area contributed by atoms with E-state index < -0.39 is 11.9 Å². The van der Waals surface area contributed by atoms with E-state index in [1.165, 1.54) is 0 Å². The zero-order chi connectivity index (χ0) is 12.3. The molecular formula is C13H19NO2. The highest BCUT2D eigenvalue weighted by atomic mass is 16.4. The first-order valence-electron chi connectivity index (χ1n) is 5.39. The SMILES string of the molecule is CC(C)(C)c1cccc(C(CN)C(=O)O)c1. The van der Waals surface area contributed by atoms with Crippen LogP contribution in [0.15, 0.2) is 24.3 Å². The molecule has 3 heteroatoms. The summed E-state index contributed by atoms with van der Waals surface area (Å²) in [6, 6.07) is 7.66. The minimum Gasteiger partial charge on any atom is -0.481 e. The van der Waals surface area contributed by atoms with E-state index in [0.29, 0.717) is 0 Å². The minimum absolute atomic E-state index is 0.0215. The summed E-state index contributed by atoms with van der Waals surface area (Å²) in [6.07, 6.45) is 0. The Hall–Kier alpha value is -1.35. The maximum absolute atomic E-state index is 11.0. The van der Waals surface area contributed by atoms with E-state index in [1.807, 2.05) is 24.3 Å². The lowest BCUT2D eigenvalue weighted by Crippen LogP contribution is -2.22. The Morgan fingerprint density at radius 2 is 2.06 bits per heavy atom. The van der Waals surface area contributed by atoms with Crippen molar-refractivity contribution in [2.75, 3.05) is 6.54 Å². The highest BCUT2D eigenvalue weighted by molar-refractivity contribution is 5.76. The zero-order valence-corrected chi connectivity index (χ0v) is 10.0. The minimum atomic E-state index is -0.867. The number of carbonyl (C=O) groups is 1. The number of rotatable bonds is 3. The molecule has 0 saturated heterocycles. The Kier molecular flexibility index (Phi) is 3.70. The molecular weight excluding hydrogens is 202 g/mol. The molecule has 1 aromatic carbocycles. The van der Waals surface area contributed by atoms with Crippen molar-refractivity contribution >= 4 is 5.97 Å². The Labute approximate surface area is 96.3 Å². The predicted octanol–water partition coefficient (Wildman–Crippen LogP) is 2.11. The summed E-state index contributed by atoms with van der Waals surface area (Å²) in [5.41, 5.74) is 7.41. The van der Waals surface area contributed by atoms with E-state index >= 15 is 0 Å². The average molecular weight is 221 g/mol. The standard InChI is InChI=1S/C13H19NO2/c1-13(2,3)10-6-4-5-9(7-10)11(8-14)12(15)16/h4-7,11H,8,14H2,1-3H3,(H,15,16). The van der Waals surface area contributed by atoms with Crippen molar-refractivity contribution in [1.29, 1.82) is 0 Å². The summed E-state index contributed by atoms with van der Waals surface area (Å²) in [7, 11) is 0. The van der Waals surface area contributed by atoms with E-state index in [1.54, 1.807) is 0 Å². The lowest BCUT2D eigenvalue weighted by atomic mass is 9.84. The van der Waals surface area contributed by atoms with Gasteiger partial charge in [0.05, 0.1) is 5.92 Å². The van der Waals surface area contributed by atoms with E-state index in [0.717, 1.165) is 11.1 Å². The van der Waals surface area contributed by atoms with Crippen LogP contribution in [0.5, 0.6) is 0 Å². The zero-order valence-electron chi connectivity index (χ0n) is 10.0. The van der Waals surface area contributed by atoms with Gasteiger partial charge in [-0.2, -0.15) is 0 Å². The molecule has 0 aliphatic carbocycles. The molecule has 0 aliphatic rings. The van der Waals surface area contributed by atoms with Crippen molar-refractivity contribution < 1.29 is 9.90 Å². The lowest BCUT2D eigenvalue weighted by Gasteiger charge is -2.21. The molecule has 1 unspecified atom stereocenters. The van der Waals surface area contributed by atoms with Gasteiger partial charge in [-0.15, -0.1) is 0 Å². The molecule has 1 aromatic rings. The molecule has 0 bridgehead atoms. The average Bonchev–Trinajstić information content (AvgIpc) is 2.17. The smallest absolute Gasteiger partial charge is 0.312 e. The lowest BCUT2D eigenvalue weighted by molar-refractivity contribution is -0.138. The quantitative estimate of drug-likeness (QED) is 0.821. The van der Waals surface area contributed by atoms with Gasteiger partial charge in [0.15, 0.2) is 0 Å². The Morgan fingerprint density at radius 3 is 2.50 bits per heavy atom. The fraction of sp³-hybridized carbons (Fsp3) is 0.462. The Morgan fingerprint density at radius 1 is 1.44 bits per heavy atom. The van der Waals surface area contributed by atoms with Gasteiger partial charge in [-0.25, -0.2) is 0 Å². The van der Waals surface area contributed by atoms with Crippen molar-refractivity contribution in [3.05, 3.63) is 35.4 Å². The van der Waals surface area contributed by atoms with Crippen LogP contribution in [0.25, 0.3) is 0 Å². The highest BCUT2D eigenvalue weighted by Gasteiger charge is 2.20. The molecule has 16 heavy (non-hydrogen) atoms. The van der Waals surface area contributed by atoms with Crippen LogP contribution in [0.2, 0.25) is 0 Å². The second-order valence-corrected chi connectivity index (χ2v) is 5.00. The number of nitrogens with two attached hydrogens (primary N) is 1. The van der Waals surface area contributed by atoms with Crippen molar-refractivity contribution in [2.45, 2.75) is 32.1 Å². The van der Waals surface area contributed by atoms with Gasteiger partial charge in [-0.1, -0.05) is 45.0 Å². The number of aliphatic carboxylic acids is 1. The summed E-state index contributed by atoms with van der Waals surface area (Å²) < 4.78 is 0. The maximum Gasteiger partial charge on any atom is 0.312 e. The second kappa shape index (κ2) is 4.66. The third-order valence-electron chi connectivity index (χ3n) is 2.69. The summed E-state index contributed by atoms with van der Waals surface area (Å²) in [5.74, 6) is -1.48. The molecule has 3 nitrogen and oxygen atoms in total. The van der Waals surface area contributed by atoms with Gasteiger partial charge in [0.1, 0.15) is 0 Å². The molecule has 0 fully saturated rings. The second-order valence-electron chi connectivity index (χ2n) is 5.00.